The molecule has 0 aromatic heterocycles. The van der Waals surface area contributed by atoms with E-state index in [9.17, 15) is 14.0 Å². The Hall–Kier alpha value is -0.750. The molecule has 1 aromatic rings. The molecule has 0 radical (unpaired) electrons. The first-order valence-corrected chi connectivity index (χ1v) is 8.75. The van der Waals surface area contributed by atoms with E-state index in [4.69, 9.17) is 0 Å². The molecule has 1 saturated heterocycles. The predicted octanol–water partition coefficient (Wildman–Crippen LogP) is 3.11. The van der Waals surface area contributed by atoms with Gasteiger partial charge in [0.1, 0.15) is 5.82 Å². The zero-order valence-corrected chi connectivity index (χ0v) is 14.1. The highest BCUT2D eigenvalue weighted by Gasteiger charge is 2.66. The molecule has 2 saturated carbocycles. The second-order valence-electron chi connectivity index (χ2n) is 5.99. The van der Waals surface area contributed by atoms with Crippen molar-refractivity contribution in [3.63, 3.8) is 0 Å². The van der Waals surface area contributed by atoms with Crippen LogP contribution < -0.4 is 4.90 Å². The van der Waals surface area contributed by atoms with E-state index >= 15 is 0 Å². The van der Waals surface area contributed by atoms with Crippen LogP contribution in [0.1, 0.15) is 6.42 Å². The summed E-state index contributed by atoms with van der Waals surface area (Å²) in [5.74, 6) is -0.700. The Kier molecular flexibility index (Phi) is 3.05. The van der Waals surface area contributed by atoms with E-state index in [1.54, 1.807) is 0 Å². The van der Waals surface area contributed by atoms with Gasteiger partial charge in [-0.2, -0.15) is 0 Å². The number of hydrogen-bond acceptors (Lipinski definition) is 2. The van der Waals surface area contributed by atoms with Crippen molar-refractivity contribution < 1.29 is 14.0 Å². The molecule has 6 unspecified atom stereocenters. The smallest absolute Gasteiger partial charge is 0.238 e. The summed E-state index contributed by atoms with van der Waals surface area (Å²) in [6, 6.07) is 5.54. The number of anilines is 1. The second-order valence-corrected chi connectivity index (χ2v) is 8.11. The van der Waals surface area contributed by atoms with Crippen LogP contribution in [-0.4, -0.2) is 21.5 Å². The van der Waals surface area contributed by atoms with Gasteiger partial charge in [0, 0.05) is 9.65 Å². The molecule has 0 N–H and O–H groups in total. The van der Waals surface area contributed by atoms with Gasteiger partial charge >= 0.3 is 0 Å². The molecular weight excluding hydrogens is 405 g/mol. The summed E-state index contributed by atoms with van der Waals surface area (Å²) in [5, 5.41) is 0. The summed E-state index contributed by atoms with van der Waals surface area (Å²) in [7, 11) is 0. The third-order valence-corrected chi connectivity index (χ3v) is 8.28. The average molecular weight is 417 g/mol. The molecule has 4 rings (SSSR count). The molecule has 2 aliphatic carbocycles. The van der Waals surface area contributed by atoms with Crippen LogP contribution in [0.5, 0.6) is 0 Å². The molecule has 6 heteroatoms. The number of hydrogen-bond donors (Lipinski definition) is 0. The molecule has 6 atom stereocenters. The lowest BCUT2D eigenvalue weighted by molar-refractivity contribution is -0.123. The minimum absolute atomic E-state index is 0.132. The fourth-order valence-corrected chi connectivity index (χ4v) is 6.07. The van der Waals surface area contributed by atoms with Gasteiger partial charge in [0.15, 0.2) is 0 Å². The number of nitrogens with zero attached hydrogens (tertiary/aromatic N) is 1. The number of amides is 2. The monoisotopic (exact) mass is 415 g/mol. The quantitative estimate of drug-likeness (QED) is 0.521. The molecule has 2 amide bonds. The Morgan fingerprint density at radius 1 is 0.952 bits per heavy atom. The van der Waals surface area contributed by atoms with Crippen molar-refractivity contribution in [3.05, 3.63) is 30.1 Å². The Morgan fingerprint density at radius 3 is 1.90 bits per heavy atom. The first-order chi connectivity index (χ1) is 10.0. The summed E-state index contributed by atoms with van der Waals surface area (Å²) >= 11 is 7.30. The minimum Gasteiger partial charge on any atom is -0.274 e. The van der Waals surface area contributed by atoms with Gasteiger partial charge in [0.2, 0.25) is 11.8 Å². The van der Waals surface area contributed by atoms with Crippen molar-refractivity contribution >= 4 is 49.4 Å². The van der Waals surface area contributed by atoms with Crippen LogP contribution in [0.4, 0.5) is 10.1 Å². The van der Waals surface area contributed by atoms with Crippen molar-refractivity contribution in [1.29, 1.82) is 0 Å². The predicted molar refractivity (Wildman–Crippen MR) is 82.9 cm³/mol. The van der Waals surface area contributed by atoms with Crippen LogP contribution >= 0.6 is 31.9 Å². The number of imide groups is 1. The van der Waals surface area contributed by atoms with E-state index < -0.39 is 0 Å². The van der Waals surface area contributed by atoms with E-state index in [2.05, 4.69) is 31.9 Å². The highest BCUT2D eigenvalue weighted by Crippen LogP contribution is 2.60. The minimum atomic E-state index is -0.376. The fourth-order valence-electron chi connectivity index (χ4n) is 4.19. The Balaban J connectivity index is 1.73. The Morgan fingerprint density at radius 2 is 1.43 bits per heavy atom. The van der Waals surface area contributed by atoms with E-state index in [0.717, 1.165) is 6.42 Å². The molecular formula is C15H12Br2FNO2. The first kappa shape index (κ1) is 13.9. The van der Waals surface area contributed by atoms with Crippen LogP contribution in [0.2, 0.25) is 0 Å². The molecule has 21 heavy (non-hydrogen) atoms. The summed E-state index contributed by atoms with van der Waals surface area (Å²) in [4.78, 5) is 27.1. The zero-order chi connectivity index (χ0) is 14.9. The summed E-state index contributed by atoms with van der Waals surface area (Å²) < 4.78 is 13.0. The maximum Gasteiger partial charge on any atom is 0.238 e. The number of rotatable bonds is 1. The van der Waals surface area contributed by atoms with E-state index in [1.165, 1.54) is 29.2 Å². The fraction of sp³-hybridized carbons (Fsp3) is 0.467. The molecule has 3 fully saturated rings. The van der Waals surface area contributed by atoms with Crippen molar-refractivity contribution in [3.8, 4) is 0 Å². The van der Waals surface area contributed by atoms with Gasteiger partial charge in [0.25, 0.3) is 0 Å². The Labute approximate surface area is 138 Å². The topological polar surface area (TPSA) is 37.4 Å². The highest BCUT2D eigenvalue weighted by molar-refractivity contribution is 9.12. The van der Waals surface area contributed by atoms with Gasteiger partial charge in [0.05, 0.1) is 17.5 Å². The molecule has 1 heterocycles. The van der Waals surface area contributed by atoms with E-state index in [-0.39, 0.29) is 51.0 Å². The van der Waals surface area contributed by atoms with Gasteiger partial charge in [-0.3, -0.25) is 14.5 Å². The summed E-state index contributed by atoms with van der Waals surface area (Å²) in [6.45, 7) is 0. The summed E-state index contributed by atoms with van der Waals surface area (Å²) in [5.41, 5.74) is 0.470. The van der Waals surface area contributed by atoms with Crippen LogP contribution in [0.25, 0.3) is 0 Å². The van der Waals surface area contributed by atoms with Gasteiger partial charge in [-0.1, -0.05) is 31.9 Å². The molecule has 3 nitrogen and oxygen atoms in total. The average Bonchev–Trinajstić information content (AvgIpc) is 3.06. The SMILES string of the molecule is O=C1C2C3CC(C(Br)C3Br)C2C(=O)N1c1ccc(F)cc1. The third kappa shape index (κ3) is 1.75. The number of carbonyl (C=O) groups excluding carboxylic acids is 2. The first-order valence-electron chi connectivity index (χ1n) is 6.92. The van der Waals surface area contributed by atoms with Gasteiger partial charge in [-0.05, 0) is 42.5 Å². The maximum absolute atomic E-state index is 13.0. The van der Waals surface area contributed by atoms with Crippen molar-refractivity contribution in [2.45, 2.75) is 16.1 Å². The third-order valence-electron chi connectivity index (χ3n) is 5.07. The molecule has 1 aliphatic heterocycles. The standard InChI is InChI=1S/C15H12Br2FNO2/c16-12-8-5-9(13(12)17)11-10(8)14(20)19(15(11)21)7-3-1-6(18)2-4-7/h1-4,8-13H,5H2. The van der Waals surface area contributed by atoms with Crippen LogP contribution in [-0.2, 0) is 9.59 Å². The summed E-state index contributed by atoms with van der Waals surface area (Å²) in [6.07, 6.45) is 0.913. The lowest BCUT2D eigenvalue weighted by Crippen LogP contribution is -2.37. The number of benzene rings is 1. The van der Waals surface area contributed by atoms with Crippen molar-refractivity contribution in [1.82, 2.24) is 0 Å². The van der Waals surface area contributed by atoms with Crippen LogP contribution in [0, 0.1) is 29.5 Å². The van der Waals surface area contributed by atoms with Crippen LogP contribution in [0.3, 0.4) is 0 Å². The number of fused-ring (bicyclic) bond motifs is 5. The van der Waals surface area contributed by atoms with Crippen molar-refractivity contribution in [2.75, 3.05) is 4.90 Å². The highest BCUT2D eigenvalue weighted by atomic mass is 79.9. The molecule has 110 valence electrons. The van der Waals surface area contributed by atoms with Gasteiger partial charge < -0.3 is 0 Å². The van der Waals surface area contributed by atoms with Gasteiger partial charge in [-0.15, -0.1) is 0 Å². The number of halogens is 3. The maximum atomic E-state index is 13.0. The number of carbonyl (C=O) groups is 2. The van der Waals surface area contributed by atoms with Gasteiger partial charge in [-0.25, -0.2) is 4.39 Å². The normalized spacial score (nSPS) is 41.0. The van der Waals surface area contributed by atoms with E-state index in [1.807, 2.05) is 0 Å². The Bertz CT molecular complexity index is 603. The zero-order valence-electron chi connectivity index (χ0n) is 10.9. The van der Waals surface area contributed by atoms with Crippen molar-refractivity contribution in [2.24, 2.45) is 23.7 Å². The lowest BCUT2D eigenvalue weighted by Gasteiger charge is -2.28. The lowest BCUT2D eigenvalue weighted by atomic mass is 9.81. The second kappa shape index (κ2) is 4.62. The molecule has 2 bridgehead atoms. The molecule has 3 aliphatic rings. The van der Waals surface area contributed by atoms with Crippen LogP contribution in [0.15, 0.2) is 24.3 Å². The molecule has 0 spiro atoms. The molecule has 1 aromatic carbocycles. The van der Waals surface area contributed by atoms with E-state index in [0.29, 0.717) is 5.69 Å². The number of alkyl halides is 2. The largest absolute Gasteiger partial charge is 0.274 e.